The highest BCUT2D eigenvalue weighted by molar-refractivity contribution is 7.99. The Morgan fingerprint density at radius 3 is 2.79 bits per heavy atom. The average molecular weight is 436 g/mol. The summed E-state index contributed by atoms with van der Waals surface area (Å²) in [5.41, 5.74) is 0.687. The number of halogens is 1. The Morgan fingerprint density at radius 1 is 1.31 bits per heavy atom. The fourth-order valence-corrected chi connectivity index (χ4v) is 4.52. The quantitative estimate of drug-likeness (QED) is 0.643. The molecule has 0 saturated carbocycles. The van der Waals surface area contributed by atoms with Crippen molar-refractivity contribution in [1.29, 1.82) is 0 Å². The van der Waals surface area contributed by atoms with Gasteiger partial charge in [-0.25, -0.2) is 4.99 Å². The van der Waals surface area contributed by atoms with Crippen LogP contribution in [0.2, 0.25) is 5.02 Å². The van der Waals surface area contributed by atoms with Crippen LogP contribution in [0.5, 0.6) is 0 Å². The van der Waals surface area contributed by atoms with Gasteiger partial charge in [-0.1, -0.05) is 23.4 Å². The Morgan fingerprint density at radius 2 is 2.07 bits per heavy atom. The fraction of sp³-hybridized carbons (Fsp3) is 0.450. The number of hydrogen-bond donors (Lipinski definition) is 0. The van der Waals surface area contributed by atoms with E-state index >= 15 is 0 Å². The SMILES string of the molecule is COC(=O)Cn1cc(C2N=C(C3CCOCC3)OC2Sc2ccc(Cl)cc2)cn1. The molecule has 2 aromatic rings. The third kappa shape index (κ3) is 4.94. The van der Waals surface area contributed by atoms with E-state index in [1.807, 2.05) is 30.5 Å². The van der Waals surface area contributed by atoms with Gasteiger partial charge < -0.3 is 14.2 Å². The number of carbonyl (C=O) groups excluding carboxylic acids is 1. The molecule has 0 bridgehead atoms. The van der Waals surface area contributed by atoms with Crippen LogP contribution in [-0.2, 0) is 25.5 Å². The normalized spacial score (nSPS) is 22.2. The minimum absolute atomic E-state index is 0.0651. The van der Waals surface area contributed by atoms with Gasteiger partial charge in [-0.15, -0.1) is 0 Å². The maximum absolute atomic E-state index is 11.5. The molecule has 0 N–H and O–H groups in total. The minimum atomic E-state index is -0.346. The summed E-state index contributed by atoms with van der Waals surface area (Å²) in [6, 6.07) is 7.46. The van der Waals surface area contributed by atoms with Crippen molar-refractivity contribution in [1.82, 2.24) is 9.78 Å². The van der Waals surface area contributed by atoms with Gasteiger partial charge in [-0.3, -0.25) is 9.48 Å². The highest BCUT2D eigenvalue weighted by Gasteiger charge is 2.37. The van der Waals surface area contributed by atoms with Crippen molar-refractivity contribution in [3.8, 4) is 0 Å². The lowest BCUT2D eigenvalue weighted by Crippen LogP contribution is -2.24. The second-order valence-corrected chi connectivity index (χ2v) is 8.51. The van der Waals surface area contributed by atoms with Crippen molar-refractivity contribution < 1.29 is 19.0 Å². The molecule has 0 radical (unpaired) electrons. The monoisotopic (exact) mass is 435 g/mol. The summed E-state index contributed by atoms with van der Waals surface area (Å²) >= 11 is 7.61. The topological polar surface area (TPSA) is 74.9 Å². The number of ether oxygens (including phenoxy) is 3. The molecule has 29 heavy (non-hydrogen) atoms. The van der Waals surface area contributed by atoms with E-state index in [1.165, 1.54) is 7.11 Å². The first-order valence-corrected chi connectivity index (χ1v) is 10.7. The summed E-state index contributed by atoms with van der Waals surface area (Å²) in [4.78, 5) is 17.5. The molecule has 0 amide bonds. The van der Waals surface area contributed by atoms with Crippen molar-refractivity contribution >= 4 is 35.2 Å². The van der Waals surface area contributed by atoms with Crippen LogP contribution in [-0.4, -0.2) is 47.4 Å². The maximum Gasteiger partial charge on any atom is 0.327 e. The number of aliphatic imine (C=N–C) groups is 1. The summed E-state index contributed by atoms with van der Waals surface area (Å²) in [6.07, 6.45) is 5.39. The van der Waals surface area contributed by atoms with Gasteiger partial charge in [0.2, 0.25) is 0 Å². The number of carbonyl (C=O) groups is 1. The largest absolute Gasteiger partial charge is 0.468 e. The van der Waals surface area contributed by atoms with Crippen LogP contribution in [0.3, 0.4) is 0 Å². The predicted molar refractivity (Wildman–Crippen MR) is 110 cm³/mol. The van der Waals surface area contributed by atoms with E-state index in [9.17, 15) is 4.79 Å². The first-order valence-electron chi connectivity index (χ1n) is 9.46. The van der Waals surface area contributed by atoms with Crippen molar-refractivity contribution in [3.63, 3.8) is 0 Å². The first kappa shape index (κ1) is 20.3. The number of hydrogen-bond acceptors (Lipinski definition) is 7. The molecule has 4 rings (SSSR count). The van der Waals surface area contributed by atoms with E-state index in [2.05, 4.69) is 5.10 Å². The van der Waals surface area contributed by atoms with E-state index in [0.717, 1.165) is 42.4 Å². The zero-order chi connectivity index (χ0) is 20.2. The van der Waals surface area contributed by atoms with Crippen LogP contribution in [0.4, 0.5) is 0 Å². The Bertz CT molecular complexity index is 880. The van der Waals surface area contributed by atoms with Crippen molar-refractivity contribution in [2.24, 2.45) is 10.9 Å². The van der Waals surface area contributed by atoms with Crippen molar-refractivity contribution in [2.75, 3.05) is 20.3 Å². The summed E-state index contributed by atoms with van der Waals surface area (Å²) in [5, 5.41) is 4.98. The minimum Gasteiger partial charge on any atom is -0.468 e. The van der Waals surface area contributed by atoms with E-state index in [1.54, 1.807) is 22.6 Å². The van der Waals surface area contributed by atoms with E-state index in [-0.39, 0.29) is 29.9 Å². The Hall–Kier alpha value is -2.03. The molecule has 0 spiro atoms. The number of benzene rings is 1. The van der Waals surface area contributed by atoms with Gasteiger partial charge >= 0.3 is 5.97 Å². The van der Waals surface area contributed by atoms with Crippen LogP contribution in [0.15, 0.2) is 46.5 Å². The zero-order valence-electron chi connectivity index (χ0n) is 16.0. The molecule has 3 heterocycles. The van der Waals surface area contributed by atoms with Gasteiger partial charge in [0, 0.05) is 40.8 Å². The van der Waals surface area contributed by atoms with Crippen molar-refractivity contribution in [3.05, 3.63) is 47.2 Å². The molecule has 1 fully saturated rings. The van der Waals surface area contributed by atoms with Gasteiger partial charge in [0.15, 0.2) is 11.3 Å². The highest BCUT2D eigenvalue weighted by Crippen LogP contribution is 2.41. The molecule has 1 saturated heterocycles. The van der Waals surface area contributed by atoms with Gasteiger partial charge in [0.05, 0.1) is 13.3 Å². The summed E-state index contributed by atoms with van der Waals surface area (Å²) in [5.74, 6) is 0.707. The molecular formula is C20H22ClN3O4S. The van der Waals surface area contributed by atoms with E-state index in [4.69, 9.17) is 30.8 Å². The molecule has 2 aliphatic rings. The molecule has 1 aromatic carbocycles. The Kier molecular flexibility index (Phi) is 6.42. The number of esters is 1. The number of methoxy groups -OCH3 is 1. The van der Waals surface area contributed by atoms with E-state index < -0.39 is 0 Å². The summed E-state index contributed by atoms with van der Waals surface area (Å²) in [7, 11) is 1.36. The highest BCUT2D eigenvalue weighted by atomic mass is 35.5. The fourth-order valence-electron chi connectivity index (χ4n) is 3.34. The lowest BCUT2D eigenvalue weighted by molar-refractivity contribution is -0.141. The number of aromatic nitrogens is 2. The molecule has 2 unspecified atom stereocenters. The molecule has 1 aromatic heterocycles. The van der Waals surface area contributed by atoms with Crippen LogP contribution < -0.4 is 0 Å². The van der Waals surface area contributed by atoms with Gasteiger partial charge in [0.25, 0.3) is 0 Å². The number of nitrogens with zero attached hydrogens (tertiary/aromatic N) is 3. The van der Waals surface area contributed by atoms with Crippen LogP contribution in [0.1, 0.15) is 24.4 Å². The molecule has 9 heteroatoms. The lowest BCUT2D eigenvalue weighted by atomic mass is 10.0. The second kappa shape index (κ2) is 9.19. The standard InChI is InChI=1S/C20H22ClN3O4S/c1-26-17(25)12-24-11-14(10-22-24)18-20(29-16-4-2-15(21)3-5-16)28-19(23-18)13-6-8-27-9-7-13/h2-5,10-11,13,18,20H,6-9,12H2,1H3. The van der Waals surface area contributed by atoms with Crippen LogP contribution >= 0.6 is 23.4 Å². The Balaban J connectivity index is 1.55. The van der Waals surface area contributed by atoms with Crippen molar-refractivity contribution in [2.45, 2.75) is 35.8 Å². The van der Waals surface area contributed by atoms with Gasteiger partial charge in [0.1, 0.15) is 12.6 Å². The van der Waals surface area contributed by atoms with Crippen LogP contribution in [0, 0.1) is 5.92 Å². The first-order chi connectivity index (χ1) is 14.1. The van der Waals surface area contributed by atoms with Crippen LogP contribution in [0.25, 0.3) is 0 Å². The lowest BCUT2D eigenvalue weighted by Gasteiger charge is -2.22. The Labute approximate surface area is 178 Å². The van der Waals surface area contributed by atoms with Gasteiger partial charge in [-0.2, -0.15) is 5.10 Å². The van der Waals surface area contributed by atoms with E-state index in [0.29, 0.717) is 5.02 Å². The van der Waals surface area contributed by atoms with Gasteiger partial charge in [-0.05, 0) is 37.1 Å². The molecule has 2 atom stereocenters. The summed E-state index contributed by atoms with van der Waals surface area (Å²) < 4.78 is 18.1. The number of thioether (sulfide) groups is 1. The molecule has 0 aliphatic carbocycles. The smallest absolute Gasteiger partial charge is 0.327 e. The molecule has 154 valence electrons. The molecular weight excluding hydrogens is 414 g/mol. The predicted octanol–water partition coefficient (Wildman–Crippen LogP) is 3.72. The zero-order valence-corrected chi connectivity index (χ0v) is 17.6. The maximum atomic E-state index is 11.5. The average Bonchev–Trinajstić information content (AvgIpc) is 3.37. The third-order valence-electron chi connectivity index (χ3n) is 4.91. The third-order valence-corrected chi connectivity index (χ3v) is 6.29. The summed E-state index contributed by atoms with van der Waals surface area (Å²) in [6.45, 7) is 1.52. The number of rotatable bonds is 6. The molecule has 7 nitrogen and oxygen atoms in total. The second-order valence-electron chi connectivity index (χ2n) is 6.90. The molecule has 2 aliphatic heterocycles.